The second kappa shape index (κ2) is 7.51. The molecule has 0 amide bonds. The summed E-state index contributed by atoms with van der Waals surface area (Å²) in [4.78, 5) is 8.19. The Balaban J connectivity index is 1.72. The van der Waals surface area contributed by atoms with E-state index in [1.807, 2.05) is 13.1 Å². The van der Waals surface area contributed by atoms with E-state index in [-0.39, 0.29) is 5.75 Å². The van der Waals surface area contributed by atoms with Crippen molar-refractivity contribution in [2.45, 2.75) is 6.42 Å². The molecule has 124 valence electrons. The van der Waals surface area contributed by atoms with E-state index in [4.69, 9.17) is 4.74 Å². The average Bonchev–Trinajstić information content (AvgIpc) is 3.14. The van der Waals surface area contributed by atoms with Crippen LogP contribution in [0.2, 0.25) is 0 Å². The van der Waals surface area contributed by atoms with Crippen molar-refractivity contribution in [2.75, 3.05) is 20.2 Å². The maximum Gasteiger partial charge on any atom is 0.252 e. The molecule has 2 N–H and O–H groups in total. The molecular weight excluding hydrogens is 308 g/mol. The lowest BCUT2D eigenvalue weighted by molar-refractivity contribution is 0.293. The first kappa shape index (κ1) is 15.9. The Labute approximate surface area is 139 Å². The minimum absolute atomic E-state index is 0.0747. The fourth-order valence-corrected chi connectivity index (χ4v) is 2.16. The van der Waals surface area contributed by atoms with Crippen LogP contribution in [0.4, 0.5) is 0 Å². The first-order valence-corrected chi connectivity index (χ1v) is 7.57. The summed E-state index contributed by atoms with van der Waals surface area (Å²) in [7, 11) is 1.89. The minimum atomic E-state index is 0.0747. The van der Waals surface area contributed by atoms with Crippen LogP contribution in [0.15, 0.2) is 43.1 Å². The van der Waals surface area contributed by atoms with Crippen molar-refractivity contribution in [1.29, 1.82) is 0 Å². The maximum atomic E-state index is 10.2. The topological polar surface area (TPSA) is 98.0 Å². The van der Waals surface area contributed by atoms with Crippen LogP contribution in [-0.2, 0) is 0 Å². The molecule has 0 saturated carbocycles. The van der Waals surface area contributed by atoms with Crippen LogP contribution < -0.4 is 10.1 Å². The second-order valence-corrected chi connectivity index (χ2v) is 5.10. The number of hydrogen-bond donors (Lipinski definition) is 2. The summed E-state index contributed by atoms with van der Waals surface area (Å²) in [6.07, 6.45) is 7.51. The Morgan fingerprint density at radius 1 is 1.29 bits per heavy atom. The van der Waals surface area contributed by atoms with E-state index in [1.165, 1.54) is 6.20 Å². The van der Waals surface area contributed by atoms with Gasteiger partial charge in [-0.2, -0.15) is 0 Å². The maximum absolute atomic E-state index is 10.2. The number of aromatic nitrogens is 5. The molecule has 2 heterocycles. The van der Waals surface area contributed by atoms with Crippen molar-refractivity contribution < 1.29 is 9.84 Å². The van der Waals surface area contributed by atoms with Gasteiger partial charge in [0.1, 0.15) is 5.75 Å². The van der Waals surface area contributed by atoms with Crippen LogP contribution in [0.1, 0.15) is 6.42 Å². The van der Waals surface area contributed by atoms with Gasteiger partial charge in [-0.25, -0.2) is 9.97 Å². The van der Waals surface area contributed by atoms with Crippen LogP contribution in [0, 0.1) is 0 Å². The number of rotatable bonds is 7. The lowest BCUT2D eigenvalue weighted by atomic mass is 10.1. The molecule has 0 spiro atoms. The summed E-state index contributed by atoms with van der Waals surface area (Å²) in [6, 6.07) is 5.22. The normalized spacial score (nSPS) is 10.7. The number of nitrogens with zero attached hydrogens (tertiary/aromatic N) is 5. The third-order valence-corrected chi connectivity index (χ3v) is 3.39. The largest absolute Gasteiger partial charge is 0.507 e. The molecule has 0 fully saturated rings. The van der Waals surface area contributed by atoms with Gasteiger partial charge in [0.2, 0.25) is 0 Å². The minimum Gasteiger partial charge on any atom is -0.507 e. The highest BCUT2D eigenvalue weighted by atomic mass is 16.5. The molecule has 0 aliphatic heterocycles. The van der Waals surface area contributed by atoms with Gasteiger partial charge in [-0.05, 0) is 32.1 Å². The number of hydrogen-bond acceptors (Lipinski definition) is 7. The van der Waals surface area contributed by atoms with Gasteiger partial charge in [0.05, 0.1) is 30.4 Å². The predicted octanol–water partition coefficient (Wildman–Crippen LogP) is 1.42. The first-order chi connectivity index (χ1) is 11.8. The third-order valence-electron chi connectivity index (χ3n) is 3.39. The second-order valence-electron chi connectivity index (χ2n) is 5.10. The van der Waals surface area contributed by atoms with Crippen molar-refractivity contribution in [3.05, 3.63) is 43.1 Å². The third kappa shape index (κ3) is 3.66. The van der Waals surface area contributed by atoms with Gasteiger partial charge in [-0.1, -0.05) is 0 Å². The smallest absolute Gasteiger partial charge is 0.252 e. The molecule has 0 aliphatic rings. The van der Waals surface area contributed by atoms with Crippen LogP contribution in [-0.4, -0.2) is 50.0 Å². The standard InChI is InChI=1S/C16H18N6O2/c1-17-5-2-8-24-15-10-19-16(21-20-15)13-4-3-12(9-14(13)23)22-7-6-18-11-22/h3-4,6-7,9-11,17,23H,2,5,8H2,1H3. The molecule has 3 aromatic rings. The van der Waals surface area contributed by atoms with Gasteiger partial charge in [0.25, 0.3) is 5.88 Å². The number of benzene rings is 1. The molecule has 2 aromatic heterocycles. The number of phenolic OH excluding ortho intramolecular Hbond substituents is 1. The lowest BCUT2D eigenvalue weighted by Gasteiger charge is -2.07. The fraction of sp³-hybridized carbons (Fsp3) is 0.250. The van der Waals surface area contributed by atoms with Gasteiger partial charge in [-0.3, -0.25) is 0 Å². The zero-order chi connectivity index (χ0) is 16.8. The number of aromatic hydroxyl groups is 1. The van der Waals surface area contributed by atoms with Crippen molar-refractivity contribution in [3.8, 4) is 28.7 Å². The summed E-state index contributed by atoms with van der Waals surface area (Å²) in [5.74, 6) is 0.780. The molecule has 8 heteroatoms. The van der Waals surface area contributed by atoms with Crippen LogP contribution in [0.3, 0.4) is 0 Å². The van der Waals surface area contributed by atoms with E-state index in [1.54, 1.807) is 35.4 Å². The van der Waals surface area contributed by atoms with Gasteiger partial charge in [0.15, 0.2) is 5.82 Å². The fourth-order valence-electron chi connectivity index (χ4n) is 2.16. The van der Waals surface area contributed by atoms with E-state index < -0.39 is 0 Å². The summed E-state index contributed by atoms with van der Waals surface area (Å²) >= 11 is 0. The molecule has 1 aromatic carbocycles. The molecule has 3 rings (SSSR count). The van der Waals surface area contributed by atoms with Gasteiger partial charge < -0.3 is 19.7 Å². The summed E-state index contributed by atoms with van der Waals surface area (Å²) in [6.45, 7) is 1.41. The average molecular weight is 326 g/mol. The van der Waals surface area contributed by atoms with Crippen LogP contribution >= 0.6 is 0 Å². The van der Waals surface area contributed by atoms with E-state index in [9.17, 15) is 5.11 Å². The predicted molar refractivity (Wildman–Crippen MR) is 88.1 cm³/mol. The highest BCUT2D eigenvalue weighted by Gasteiger charge is 2.10. The molecule has 0 radical (unpaired) electrons. The van der Waals surface area contributed by atoms with Crippen LogP contribution in [0.25, 0.3) is 17.1 Å². The van der Waals surface area contributed by atoms with Gasteiger partial charge >= 0.3 is 0 Å². The molecular formula is C16H18N6O2. The van der Waals surface area contributed by atoms with E-state index in [0.717, 1.165) is 18.7 Å². The van der Waals surface area contributed by atoms with Gasteiger partial charge in [0, 0.05) is 18.5 Å². The molecule has 0 bridgehead atoms. The lowest BCUT2D eigenvalue weighted by Crippen LogP contribution is -2.12. The van der Waals surface area contributed by atoms with E-state index in [0.29, 0.717) is 23.9 Å². The number of imidazole rings is 1. The first-order valence-electron chi connectivity index (χ1n) is 7.57. The Bertz CT molecular complexity index is 774. The highest BCUT2D eigenvalue weighted by Crippen LogP contribution is 2.28. The van der Waals surface area contributed by atoms with Gasteiger partial charge in [-0.15, -0.1) is 10.2 Å². The molecule has 24 heavy (non-hydrogen) atoms. The van der Waals surface area contributed by atoms with Crippen LogP contribution in [0.5, 0.6) is 11.6 Å². The summed E-state index contributed by atoms with van der Waals surface area (Å²) in [5.41, 5.74) is 1.30. The Morgan fingerprint density at radius 3 is 2.88 bits per heavy atom. The Hall–Kier alpha value is -3.00. The summed E-state index contributed by atoms with van der Waals surface area (Å²) < 4.78 is 7.24. The Kier molecular flexibility index (Phi) is 4.97. The van der Waals surface area contributed by atoms with Crippen molar-refractivity contribution in [1.82, 2.24) is 30.0 Å². The van der Waals surface area contributed by atoms with E-state index in [2.05, 4.69) is 25.5 Å². The molecule has 0 aliphatic carbocycles. The quantitative estimate of drug-likeness (QED) is 0.634. The van der Waals surface area contributed by atoms with Crippen molar-refractivity contribution >= 4 is 0 Å². The van der Waals surface area contributed by atoms with Crippen molar-refractivity contribution in [2.24, 2.45) is 0 Å². The van der Waals surface area contributed by atoms with Crippen molar-refractivity contribution in [3.63, 3.8) is 0 Å². The van der Waals surface area contributed by atoms with E-state index >= 15 is 0 Å². The monoisotopic (exact) mass is 326 g/mol. The molecule has 0 unspecified atom stereocenters. The number of ether oxygens (including phenoxy) is 1. The SMILES string of the molecule is CNCCCOc1cnc(-c2ccc(-n3ccnc3)cc2O)nn1. The number of phenols is 1. The Morgan fingerprint density at radius 2 is 2.21 bits per heavy atom. The zero-order valence-electron chi connectivity index (χ0n) is 13.3. The molecule has 0 saturated heterocycles. The highest BCUT2D eigenvalue weighted by molar-refractivity contribution is 5.65. The molecule has 8 nitrogen and oxygen atoms in total. The molecule has 0 atom stereocenters. The zero-order valence-corrected chi connectivity index (χ0v) is 13.3. The summed E-state index contributed by atoms with van der Waals surface area (Å²) in [5, 5.41) is 21.3. The number of nitrogens with one attached hydrogen (secondary N) is 1.